The van der Waals surface area contributed by atoms with Crippen molar-refractivity contribution in [2.75, 3.05) is 19.0 Å². The summed E-state index contributed by atoms with van der Waals surface area (Å²) in [4.78, 5) is 24.1. The van der Waals surface area contributed by atoms with Gasteiger partial charge in [-0.1, -0.05) is 26.0 Å². The summed E-state index contributed by atoms with van der Waals surface area (Å²) in [6.07, 6.45) is 1.47. The Balaban J connectivity index is 1.85. The fraction of sp³-hybridized carbons (Fsp3) is 0.391. The van der Waals surface area contributed by atoms with Crippen molar-refractivity contribution in [3.05, 3.63) is 59.2 Å². The second-order valence-electron chi connectivity index (χ2n) is 7.63. The Hall–Kier alpha value is -2.82. The maximum Gasteiger partial charge on any atom is 0.337 e. The Bertz CT molecular complexity index is 825. The van der Waals surface area contributed by atoms with Crippen LogP contribution in [-0.4, -0.2) is 25.6 Å². The summed E-state index contributed by atoms with van der Waals surface area (Å²) < 4.78 is 10.6. The molecule has 2 aromatic rings. The normalized spacial score (nSPS) is 11.0. The van der Waals surface area contributed by atoms with Crippen molar-refractivity contribution >= 4 is 17.6 Å². The first-order chi connectivity index (χ1) is 13.2. The van der Waals surface area contributed by atoms with E-state index in [0.717, 1.165) is 17.7 Å². The van der Waals surface area contributed by atoms with Crippen molar-refractivity contribution < 1.29 is 19.1 Å². The van der Waals surface area contributed by atoms with Gasteiger partial charge in [-0.25, -0.2) is 4.79 Å². The lowest BCUT2D eigenvalue weighted by Crippen LogP contribution is -2.31. The number of carbonyl (C=O) groups is 2. The molecule has 2 rings (SSSR count). The van der Waals surface area contributed by atoms with Gasteiger partial charge >= 0.3 is 5.97 Å². The smallest absolute Gasteiger partial charge is 0.337 e. The number of nitrogens with one attached hydrogen (secondary N) is 1. The van der Waals surface area contributed by atoms with Crippen LogP contribution in [0.4, 0.5) is 5.69 Å². The molecule has 0 bridgehead atoms. The largest absolute Gasteiger partial charge is 0.493 e. The Morgan fingerprint density at radius 2 is 1.71 bits per heavy atom. The predicted octanol–water partition coefficient (Wildman–Crippen LogP) is 4.91. The van der Waals surface area contributed by atoms with E-state index in [1.165, 1.54) is 12.7 Å². The molecule has 0 aliphatic rings. The molecule has 150 valence electrons. The van der Waals surface area contributed by atoms with Crippen molar-refractivity contribution in [2.24, 2.45) is 5.41 Å². The third-order valence-electron chi connectivity index (χ3n) is 4.73. The van der Waals surface area contributed by atoms with E-state index in [0.29, 0.717) is 24.3 Å². The second kappa shape index (κ2) is 9.40. The number of methoxy groups -OCH3 is 1. The van der Waals surface area contributed by atoms with Crippen molar-refractivity contribution in [3.63, 3.8) is 0 Å². The minimum absolute atomic E-state index is 0.0648. The second-order valence-corrected chi connectivity index (χ2v) is 7.63. The molecule has 0 aromatic heterocycles. The third kappa shape index (κ3) is 5.84. The molecule has 0 fully saturated rings. The Kier molecular flexibility index (Phi) is 7.21. The van der Waals surface area contributed by atoms with E-state index in [4.69, 9.17) is 4.74 Å². The van der Waals surface area contributed by atoms with Crippen LogP contribution in [0.25, 0.3) is 0 Å². The zero-order valence-corrected chi connectivity index (χ0v) is 17.3. The van der Waals surface area contributed by atoms with Gasteiger partial charge in [-0.15, -0.1) is 0 Å². The molecule has 5 heteroatoms. The minimum atomic E-state index is -0.536. The van der Waals surface area contributed by atoms with Crippen molar-refractivity contribution in [1.29, 1.82) is 0 Å². The van der Waals surface area contributed by atoms with Crippen molar-refractivity contribution in [2.45, 2.75) is 40.5 Å². The molecule has 0 atom stereocenters. The van der Waals surface area contributed by atoms with Crippen LogP contribution in [0.2, 0.25) is 0 Å². The van der Waals surface area contributed by atoms with Gasteiger partial charge in [-0.3, -0.25) is 4.79 Å². The molecule has 1 N–H and O–H groups in total. The molecular formula is C23H29NO4. The quantitative estimate of drug-likeness (QED) is 0.519. The fourth-order valence-electron chi connectivity index (χ4n) is 2.78. The lowest BCUT2D eigenvalue weighted by Gasteiger charge is -2.23. The molecule has 28 heavy (non-hydrogen) atoms. The maximum absolute atomic E-state index is 12.6. The van der Waals surface area contributed by atoms with Gasteiger partial charge < -0.3 is 14.8 Å². The number of aryl methyl sites for hydroxylation is 2. The van der Waals surface area contributed by atoms with Gasteiger partial charge in [0.05, 0.1) is 19.3 Å². The molecule has 0 saturated heterocycles. The number of hydrogen-bond acceptors (Lipinski definition) is 4. The van der Waals surface area contributed by atoms with E-state index >= 15 is 0 Å². The lowest BCUT2D eigenvalue weighted by molar-refractivity contribution is -0.124. The molecule has 0 aliphatic carbocycles. The Morgan fingerprint density at radius 3 is 2.36 bits per heavy atom. The monoisotopic (exact) mass is 383 g/mol. The Morgan fingerprint density at radius 1 is 1.04 bits per heavy atom. The number of amides is 1. The highest BCUT2D eigenvalue weighted by Crippen LogP contribution is 2.26. The topological polar surface area (TPSA) is 64.6 Å². The summed E-state index contributed by atoms with van der Waals surface area (Å²) in [6.45, 7) is 8.47. The molecular weight excluding hydrogens is 354 g/mol. The molecule has 0 saturated carbocycles. The number of carbonyl (C=O) groups excluding carboxylic acids is 2. The zero-order valence-electron chi connectivity index (χ0n) is 17.3. The van der Waals surface area contributed by atoms with Crippen LogP contribution in [0.15, 0.2) is 42.5 Å². The lowest BCUT2D eigenvalue weighted by atomic mass is 9.87. The summed E-state index contributed by atoms with van der Waals surface area (Å²) in [5.74, 6) is 0.431. The van der Waals surface area contributed by atoms with E-state index < -0.39 is 11.4 Å². The van der Waals surface area contributed by atoms with E-state index in [2.05, 4.69) is 16.1 Å². The number of ether oxygens (including phenoxy) is 2. The minimum Gasteiger partial charge on any atom is -0.493 e. The van der Waals surface area contributed by atoms with E-state index in [9.17, 15) is 9.59 Å². The average molecular weight is 383 g/mol. The van der Waals surface area contributed by atoms with Crippen LogP contribution < -0.4 is 10.1 Å². The standard InChI is InChI=1S/C23H29NO4/c1-16-7-8-17(2)20(15-16)28-14-6-13-23(3,4)22(26)24-19-11-9-18(10-12-19)21(25)27-5/h7-12,15H,6,13-14H2,1-5H3,(H,24,26). The first-order valence-corrected chi connectivity index (χ1v) is 9.43. The fourth-order valence-corrected chi connectivity index (χ4v) is 2.78. The zero-order chi connectivity index (χ0) is 20.7. The van der Waals surface area contributed by atoms with Gasteiger partial charge in [0, 0.05) is 11.1 Å². The number of esters is 1. The molecule has 0 spiro atoms. The molecule has 2 aromatic carbocycles. The van der Waals surface area contributed by atoms with Gasteiger partial charge in [-0.2, -0.15) is 0 Å². The summed E-state index contributed by atoms with van der Waals surface area (Å²) in [5, 5.41) is 2.91. The summed E-state index contributed by atoms with van der Waals surface area (Å²) in [6, 6.07) is 12.8. The number of anilines is 1. The molecule has 0 radical (unpaired) electrons. The maximum atomic E-state index is 12.6. The van der Waals surface area contributed by atoms with E-state index in [1.54, 1.807) is 24.3 Å². The van der Waals surface area contributed by atoms with E-state index in [-0.39, 0.29) is 5.91 Å². The Labute approximate surface area is 167 Å². The van der Waals surface area contributed by atoms with Gasteiger partial charge in [-0.05, 0) is 68.1 Å². The predicted molar refractivity (Wildman–Crippen MR) is 111 cm³/mol. The SMILES string of the molecule is COC(=O)c1ccc(NC(=O)C(C)(C)CCCOc2cc(C)ccc2C)cc1. The number of benzene rings is 2. The molecule has 5 nitrogen and oxygen atoms in total. The molecule has 0 heterocycles. The third-order valence-corrected chi connectivity index (χ3v) is 4.73. The number of rotatable bonds is 8. The van der Waals surface area contributed by atoms with Crippen molar-refractivity contribution in [3.8, 4) is 5.75 Å². The van der Waals surface area contributed by atoms with Crippen LogP contribution in [0.1, 0.15) is 48.2 Å². The molecule has 0 unspecified atom stereocenters. The summed E-state index contributed by atoms with van der Waals surface area (Å²) in [7, 11) is 1.34. The van der Waals surface area contributed by atoms with Crippen LogP contribution >= 0.6 is 0 Å². The van der Waals surface area contributed by atoms with E-state index in [1.807, 2.05) is 39.8 Å². The summed E-state index contributed by atoms with van der Waals surface area (Å²) >= 11 is 0. The van der Waals surface area contributed by atoms with Crippen LogP contribution in [0, 0.1) is 19.3 Å². The highest BCUT2D eigenvalue weighted by atomic mass is 16.5. The van der Waals surface area contributed by atoms with Crippen molar-refractivity contribution in [1.82, 2.24) is 0 Å². The first-order valence-electron chi connectivity index (χ1n) is 9.43. The first kappa shape index (κ1) is 21.5. The van der Waals surface area contributed by atoms with Crippen LogP contribution in [0.5, 0.6) is 5.75 Å². The highest BCUT2D eigenvalue weighted by molar-refractivity contribution is 5.95. The van der Waals surface area contributed by atoms with Gasteiger partial charge in [0.15, 0.2) is 0 Å². The van der Waals surface area contributed by atoms with Crippen LogP contribution in [0.3, 0.4) is 0 Å². The number of hydrogen-bond donors (Lipinski definition) is 1. The molecule has 0 aliphatic heterocycles. The van der Waals surface area contributed by atoms with Gasteiger partial charge in [0.2, 0.25) is 5.91 Å². The average Bonchev–Trinajstić information content (AvgIpc) is 2.67. The van der Waals surface area contributed by atoms with Crippen LogP contribution in [-0.2, 0) is 9.53 Å². The summed E-state index contributed by atoms with van der Waals surface area (Å²) in [5.41, 5.74) is 2.84. The van der Waals surface area contributed by atoms with Gasteiger partial charge in [0.1, 0.15) is 5.75 Å². The molecule has 1 amide bonds. The highest BCUT2D eigenvalue weighted by Gasteiger charge is 2.27. The van der Waals surface area contributed by atoms with Gasteiger partial charge in [0.25, 0.3) is 0 Å².